The van der Waals surface area contributed by atoms with Gasteiger partial charge in [0, 0.05) is 25.4 Å². The van der Waals surface area contributed by atoms with Gasteiger partial charge in [-0.3, -0.25) is 4.98 Å². The molecule has 0 saturated carbocycles. The van der Waals surface area contributed by atoms with Crippen molar-refractivity contribution in [2.75, 3.05) is 19.8 Å². The lowest BCUT2D eigenvalue weighted by atomic mass is 10.1. The first-order valence-corrected chi connectivity index (χ1v) is 7.49. The Kier molecular flexibility index (Phi) is 8.42. The van der Waals surface area contributed by atoms with Gasteiger partial charge in [-0.1, -0.05) is 19.9 Å². The van der Waals surface area contributed by atoms with Crippen molar-refractivity contribution in [2.45, 2.75) is 45.8 Å². The van der Waals surface area contributed by atoms with Gasteiger partial charge in [0.15, 0.2) is 0 Å². The monoisotopic (exact) mass is 280 g/mol. The van der Waals surface area contributed by atoms with Crippen molar-refractivity contribution in [2.24, 2.45) is 5.92 Å². The Balaban J connectivity index is 2.09. The Morgan fingerprint density at radius 1 is 1.30 bits per heavy atom. The Labute approximate surface area is 122 Å². The number of rotatable bonds is 10. The van der Waals surface area contributed by atoms with E-state index in [0.717, 1.165) is 18.7 Å². The van der Waals surface area contributed by atoms with Gasteiger partial charge < -0.3 is 15.2 Å². The third-order valence-electron chi connectivity index (χ3n) is 3.17. The minimum atomic E-state index is -0.472. The number of hydrogen-bond donors (Lipinski definition) is 2. The summed E-state index contributed by atoms with van der Waals surface area (Å²) in [6, 6.07) is 5.98. The zero-order chi connectivity index (χ0) is 14.8. The molecule has 0 amide bonds. The van der Waals surface area contributed by atoms with E-state index < -0.39 is 6.10 Å². The molecule has 114 valence electrons. The maximum Gasteiger partial charge on any atom is 0.0897 e. The molecule has 0 fully saturated rings. The normalized spacial score (nSPS) is 14.4. The van der Waals surface area contributed by atoms with E-state index in [4.69, 9.17) is 4.74 Å². The lowest BCUT2D eigenvalue weighted by molar-refractivity contribution is 0.0336. The fraction of sp³-hybridized carbons (Fsp3) is 0.688. The summed E-state index contributed by atoms with van der Waals surface area (Å²) in [7, 11) is 0. The summed E-state index contributed by atoms with van der Waals surface area (Å²) in [6.07, 6.45) is 3.54. The van der Waals surface area contributed by atoms with Crippen LogP contribution in [0.25, 0.3) is 0 Å². The summed E-state index contributed by atoms with van der Waals surface area (Å²) >= 11 is 0. The van der Waals surface area contributed by atoms with Crippen LogP contribution in [-0.2, 0) is 4.74 Å². The van der Waals surface area contributed by atoms with Crippen LogP contribution in [0.4, 0.5) is 0 Å². The van der Waals surface area contributed by atoms with Gasteiger partial charge in [-0.25, -0.2) is 0 Å². The van der Waals surface area contributed by atoms with Crippen LogP contribution in [-0.4, -0.2) is 36.0 Å². The van der Waals surface area contributed by atoms with E-state index in [1.807, 2.05) is 25.1 Å². The van der Waals surface area contributed by atoms with Gasteiger partial charge >= 0.3 is 0 Å². The minimum Gasteiger partial charge on any atom is -0.389 e. The van der Waals surface area contributed by atoms with Crippen molar-refractivity contribution in [1.29, 1.82) is 0 Å². The third-order valence-corrected chi connectivity index (χ3v) is 3.17. The molecule has 1 rings (SSSR count). The molecule has 1 heterocycles. The fourth-order valence-corrected chi connectivity index (χ4v) is 1.92. The van der Waals surface area contributed by atoms with Crippen molar-refractivity contribution in [1.82, 2.24) is 10.3 Å². The van der Waals surface area contributed by atoms with Crippen LogP contribution >= 0.6 is 0 Å². The molecule has 0 saturated heterocycles. The third kappa shape index (κ3) is 7.58. The van der Waals surface area contributed by atoms with Crippen LogP contribution in [0.2, 0.25) is 0 Å². The Hall–Kier alpha value is -0.970. The number of pyridine rings is 1. The molecule has 0 aliphatic rings. The topological polar surface area (TPSA) is 54.4 Å². The number of aromatic nitrogens is 1. The molecule has 4 nitrogen and oxygen atoms in total. The summed E-state index contributed by atoms with van der Waals surface area (Å²) in [6.45, 7) is 8.08. The highest BCUT2D eigenvalue weighted by molar-refractivity contribution is 5.07. The van der Waals surface area contributed by atoms with E-state index in [9.17, 15) is 5.11 Å². The van der Waals surface area contributed by atoms with Crippen molar-refractivity contribution < 1.29 is 9.84 Å². The van der Waals surface area contributed by atoms with Crippen LogP contribution in [0.15, 0.2) is 24.4 Å². The van der Waals surface area contributed by atoms with Crippen LogP contribution in [0, 0.1) is 5.92 Å². The van der Waals surface area contributed by atoms with Gasteiger partial charge in [0.2, 0.25) is 0 Å². The molecule has 1 aromatic heterocycles. The molecule has 1 aromatic rings. The van der Waals surface area contributed by atoms with Gasteiger partial charge in [-0.05, 0) is 37.8 Å². The molecular weight excluding hydrogens is 252 g/mol. The van der Waals surface area contributed by atoms with Gasteiger partial charge in [-0.2, -0.15) is 0 Å². The molecule has 20 heavy (non-hydrogen) atoms. The molecule has 0 aromatic carbocycles. The highest BCUT2D eigenvalue weighted by Gasteiger charge is 2.09. The second-order valence-corrected chi connectivity index (χ2v) is 5.65. The summed E-state index contributed by atoms with van der Waals surface area (Å²) in [5.41, 5.74) is 0.984. The molecule has 0 aliphatic heterocycles. The van der Waals surface area contributed by atoms with Crippen molar-refractivity contribution >= 4 is 0 Å². The van der Waals surface area contributed by atoms with Gasteiger partial charge in [0.25, 0.3) is 0 Å². The number of aliphatic hydroxyl groups is 1. The molecule has 4 heteroatoms. The van der Waals surface area contributed by atoms with E-state index in [1.54, 1.807) is 6.20 Å². The van der Waals surface area contributed by atoms with Gasteiger partial charge in [0.1, 0.15) is 0 Å². The number of hydrogen-bond acceptors (Lipinski definition) is 4. The zero-order valence-corrected chi connectivity index (χ0v) is 12.9. The predicted octanol–water partition coefficient (Wildman–Crippen LogP) is 2.55. The average Bonchev–Trinajstić information content (AvgIpc) is 2.45. The van der Waals surface area contributed by atoms with E-state index in [0.29, 0.717) is 19.1 Å². The van der Waals surface area contributed by atoms with E-state index in [1.165, 1.54) is 6.42 Å². The van der Waals surface area contributed by atoms with Gasteiger partial charge in [-0.15, -0.1) is 0 Å². The maximum atomic E-state index is 9.85. The van der Waals surface area contributed by atoms with E-state index in [2.05, 4.69) is 24.1 Å². The van der Waals surface area contributed by atoms with Crippen LogP contribution in [0.1, 0.15) is 45.3 Å². The molecule has 2 N–H and O–H groups in total. The largest absolute Gasteiger partial charge is 0.389 e. The second-order valence-electron chi connectivity index (χ2n) is 5.65. The quantitative estimate of drug-likeness (QED) is 0.647. The second kappa shape index (κ2) is 9.86. The summed E-state index contributed by atoms with van der Waals surface area (Å²) in [4.78, 5) is 4.28. The number of aliphatic hydroxyl groups excluding tert-OH is 1. The maximum absolute atomic E-state index is 9.85. The molecule has 1 unspecified atom stereocenters. The minimum absolute atomic E-state index is 0.131. The molecule has 0 spiro atoms. The first kappa shape index (κ1) is 17.1. The van der Waals surface area contributed by atoms with Crippen molar-refractivity contribution in [3.63, 3.8) is 0 Å². The first-order chi connectivity index (χ1) is 9.59. The van der Waals surface area contributed by atoms with Crippen LogP contribution < -0.4 is 5.32 Å². The van der Waals surface area contributed by atoms with E-state index in [-0.39, 0.29) is 6.04 Å². The lowest BCUT2D eigenvalue weighted by Crippen LogP contribution is -2.32. The molecular formula is C16H28N2O2. The highest BCUT2D eigenvalue weighted by Crippen LogP contribution is 2.07. The standard InChI is InChI=1S/C16H28N2O2/c1-13(2)7-6-10-20-12-15(19)11-18-14(3)16-8-4-5-9-17-16/h4-5,8-9,13-15,18-19H,6-7,10-12H2,1-3H3/t14-,15?/m0/s1. The Morgan fingerprint density at radius 3 is 2.75 bits per heavy atom. The van der Waals surface area contributed by atoms with Crippen LogP contribution in [0.5, 0.6) is 0 Å². The number of nitrogens with one attached hydrogen (secondary N) is 1. The van der Waals surface area contributed by atoms with Crippen molar-refractivity contribution in [3.05, 3.63) is 30.1 Å². The van der Waals surface area contributed by atoms with E-state index >= 15 is 0 Å². The number of ether oxygens (including phenoxy) is 1. The summed E-state index contributed by atoms with van der Waals surface area (Å²) in [5.74, 6) is 0.712. The Bertz CT molecular complexity index is 344. The average molecular weight is 280 g/mol. The SMILES string of the molecule is CC(C)CCCOCC(O)CN[C@@H](C)c1ccccn1. The lowest BCUT2D eigenvalue weighted by Gasteiger charge is -2.17. The predicted molar refractivity (Wildman–Crippen MR) is 81.6 cm³/mol. The first-order valence-electron chi connectivity index (χ1n) is 7.49. The molecule has 0 radical (unpaired) electrons. The number of nitrogens with zero attached hydrogens (tertiary/aromatic N) is 1. The van der Waals surface area contributed by atoms with Crippen LogP contribution in [0.3, 0.4) is 0 Å². The smallest absolute Gasteiger partial charge is 0.0897 e. The summed E-state index contributed by atoms with van der Waals surface area (Å²) in [5, 5.41) is 13.1. The molecule has 0 bridgehead atoms. The zero-order valence-electron chi connectivity index (χ0n) is 12.9. The molecule has 2 atom stereocenters. The highest BCUT2D eigenvalue weighted by atomic mass is 16.5. The molecule has 0 aliphatic carbocycles. The van der Waals surface area contributed by atoms with Gasteiger partial charge in [0.05, 0.1) is 18.4 Å². The summed E-state index contributed by atoms with van der Waals surface area (Å²) < 4.78 is 5.48. The fourth-order valence-electron chi connectivity index (χ4n) is 1.92. The Morgan fingerprint density at radius 2 is 2.10 bits per heavy atom. The van der Waals surface area contributed by atoms with Crippen molar-refractivity contribution in [3.8, 4) is 0 Å².